The van der Waals surface area contributed by atoms with Gasteiger partial charge in [-0.25, -0.2) is 0 Å². The molecule has 0 radical (unpaired) electrons. The molecule has 0 aromatic carbocycles. The molecule has 1 heteroatoms. The summed E-state index contributed by atoms with van der Waals surface area (Å²) in [4.78, 5) is 9.97. The van der Waals surface area contributed by atoms with Gasteiger partial charge in [0.05, 0.1) is 0 Å². The number of carbonyl (C=O) groups excluding carboxylic acids is 1. The van der Waals surface area contributed by atoms with Crippen molar-refractivity contribution in [2.45, 2.75) is 6.92 Å². The second-order valence-corrected chi connectivity index (χ2v) is 3.36. The molecule has 0 aliphatic carbocycles. The Labute approximate surface area is 116 Å². The van der Waals surface area contributed by atoms with E-state index < -0.39 is 0 Å². The van der Waals surface area contributed by atoms with Gasteiger partial charge in [-0.3, -0.25) is 4.79 Å². The SMILES string of the molecule is CC=CC=CC=CC=CC=CC=CC=CC=CC=O. The largest absolute Gasteiger partial charge is 0.299 e. The number of carbonyl (C=O) groups is 1. The molecule has 0 saturated carbocycles. The zero-order valence-electron chi connectivity index (χ0n) is 11.2. The first kappa shape index (κ1) is 16.6. The molecule has 0 unspecified atom stereocenters. The van der Waals surface area contributed by atoms with Gasteiger partial charge in [-0.15, -0.1) is 0 Å². The van der Waals surface area contributed by atoms with E-state index in [-0.39, 0.29) is 0 Å². The van der Waals surface area contributed by atoms with E-state index in [0.29, 0.717) is 0 Å². The molecule has 0 amide bonds. The van der Waals surface area contributed by atoms with Gasteiger partial charge >= 0.3 is 0 Å². The first-order valence-corrected chi connectivity index (χ1v) is 6.15. The van der Waals surface area contributed by atoms with Crippen molar-refractivity contribution in [1.29, 1.82) is 0 Å². The molecule has 19 heavy (non-hydrogen) atoms. The Morgan fingerprint density at radius 3 is 0.947 bits per heavy atom. The van der Waals surface area contributed by atoms with Gasteiger partial charge in [0.2, 0.25) is 0 Å². The highest BCUT2D eigenvalue weighted by atomic mass is 16.1. The van der Waals surface area contributed by atoms with Gasteiger partial charge in [0.1, 0.15) is 6.29 Å². The van der Waals surface area contributed by atoms with Crippen molar-refractivity contribution in [1.82, 2.24) is 0 Å². The predicted molar refractivity (Wildman–Crippen MR) is 84.9 cm³/mol. The Kier molecular flexibility index (Phi) is 13.6. The molecule has 0 aromatic heterocycles. The van der Waals surface area contributed by atoms with E-state index in [1.165, 1.54) is 6.08 Å². The van der Waals surface area contributed by atoms with Crippen molar-refractivity contribution in [3.8, 4) is 0 Å². The predicted octanol–water partition coefficient (Wildman–Crippen LogP) is 4.65. The summed E-state index contributed by atoms with van der Waals surface area (Å²) in [6, 6.07) is 0. The molecule has 0 rings (SSSR count). The Balaban J connectivity index is 3.84. The fraction of sp³-hybridized carbons (Fsp3) is 0.0556. The minimum atomic E-state index is 0.750. The number of allylic oxidation sites excluding steroid dienone is 16. The summed E-state index contributed by atoms with van der Waals surface area (Å²) in [6.45, 7) is 1.99. The van der Waals surface area contributed by atoms with Crippen LogP contribution in [0.5, 0.6) is 0 Å². The van der Waals surface area contributed by atoms with Crippen molar-refractivity contribution in [2.75, 3.05) is 0 Å². The fourth-order valence-electron chi connectivity index (χ4n) is 0.990. The smallest absolute Gasteiger partial charge is 0.142 e. The van der Waals surface area contributed by atoms with E-state index in [4.69, 9.17) is 0 Å². The Morgan fingerprint density at radius 1 is 0.421 bits per heavy atom. The molecule has 0 spiro atoms. The first-order chi connectivity index (χ1) is 9.41. The lowest BCUT2D eigenvalue weighted by Gasteiger charge is -1.75. The molecule has 0 heterocycles. The maximum atomic E-state index is 9.97. The molecule has 98 valence electrons. The highest BCUT2D eigenvalue weighted by Crippen LogP contribution is 1.85. The Hall–Kier alpha value is -2.41. The van der Waals surface area contributed by atoms with E-state index in [9.17, 15) is 4.79 Å². The Morgan fingerprint density at radius 2 is 0.684 bits per heavy atom. The zero-order chi connectivity index (χ0) is 14.0. The molecule has 0 bridgehead atoms. The number of hydrogen-bond donors (Lipinski definition) is 0. The maximum Gasteiger partial charge on any atom is 0.142 e. The summed E-state index contributed by atoms with van der Waals surface area (Å²) in [5.74, 6) is 0. The van der Waals surface area contributed by atoms with Crippen molar-refractivity contribution >= 4 is 6.29 Å². The summed E-state index contributed by atoms with van der Waals surface area (Å²) in [7, 11) is 0. The minimum absolute atomic E-state index is 0.750. The monoisotopic (exact) mass is 252 g/mol. The van der Waals surface area contributed by atoms with Gasteiger partial charge in [-0.1, -0.05) is 91.1 Å². The standard InChI is InChI=1S/C18H20O/c1-2-3-4-5-6-7-8-9-10-11-12-13-14-15-16-17-18-19/h2-18H,1H3. The minimum Gasteiger partial charge on any atom is -0.299 e. The van der Waals surface area contributed by atoms with Crippen molar-refractivity contribution in [3.05, 3.63) is 97.2 Å². The highest BCUT2D eigenvalue weighted by molar-refractivity contribution is 5.65. The third-order valence-corrected chi connectivity index (χ3v) is 1.83. The van der Waals surface area contributed by atoms with Crippen LogP contribution in [0.15, 0.2) is 97.2 Å². The van der Waals surface area contributed by atoms with Crippen LogP contribution >= 0.6 is 0 Å². The van der Waals surface area contributed by atoms with Crippen LogP contribution < -0.4 is 0 Å². The van der Waals surface area contributed by atoms with Crippen LogP contribution in [0.2, 0.25) is 0 Å². The summed E-state index contributed by atoms with van der Waals surface area (Å²) < 4.78 is 0. The van der Waals surface area contributed by atoms with E-state index in [0.717, 1.165) is 6.29 Å². The van der Waals surface area contributed by atoms with Gasteiger partial charge in [-0.05, 0) is 13.0 Å². The average Bonchev–Trinajstić information content (AvgIpc) is 2.43. The van der Waals surface area contributed by atoms with Gasteiger partial charge in [-0.2, -0.15) is 0 Å². The fourth-order valence-corrected chi connectivity index (χ4v) is 0.990. The molecule has 0 N–H and O–H groups in total. The average molecular weight is 252 g/mol. The summed E-state index contributed by atoms with van der Waals surface area (Å²) in [5.41, 5.74) is 0. The van der Waals surface area contributed by atoms with Gasteiger partial charge < -0.3 is 0 Å². The number of hydrogen-bond acceptors (Lipinski definition) is 1. The van der Waals surface area contributed by atoms with Crippen LogP contribution in [0.3, 0.4) is 0 Å². The van der Waals surface area contributed by atoms with Crippen LogP contribution in [0.4, 0.5) is 0 Å². The third kappa shape index (κ3) is 15.6. The van der Waals surface area contributed by atoms with Crippen molar-refractivity contribution < 1.29 is 4.79 Å². The van der Waals surface area contributed by atoms with E-state index in [2.05, 4.69) is 0 Å². The lowest BCUT2D eigenvalue weighted by Crippen LogP contribution is -1.56. The molecule has 0 aliphatic rings. The van der Waals surface area contributed by atoms with Crippen molar-refractivity contribution in [2.24, 2.45) is 0 Å². The lowest BCUT2D eigenvalue weighted by atomic mass is 10.3. The Bertz CT molecular complexity index is 438. The van der Waals surface area contributed by atoms with E-state index in [1.807, 2.05) is 85.9 Å². The summed E-state index contributed by atoms with van der Waals surface area (Å²) >= 11 is 0. The quantitative estimate of drug-likeness (QED) is 0.349. The lowest BCUT2D eigenvalue weighted by molar-refractivity contribution is -0.104. The zero-order valence-corrected chi connectivity index (χ0v) is 11.2. The first-order valence-electron chi connectivity index (χ1n) is 6.15. The molecule has 0 fully saturated rings. The van der Waals surface area contributed by atoms with Crippen LogP contribution in [0, 0.1) is 0 Å². The van der Waals surface area contributed by atoms with E-state index >= 15 is 0 Å². The van der Waals surface area contributed by atoms with Crippen LogP contribution in [-0.2, 0) is 4.79 Å². The second-order valence-electron chi connectivity index (χ2n) is 3.36. The van der Waals surface area contributed by atoms with E-state index in [1.54, 1.807) is 12.2 Å². The van der Waals surface area contributed by atoms with Crippen LogP contribution in [-0.4, -0.2) is 6.29 Å². The topological polar surface area (TPSA) is 17.1 Å². The number of aldehydes is 1. The van der Waals surface area contributed by atoms with Crippen LogP contribution in [0.1, 0.15) is 6.92 Å². The maximum absolute atomic E-state index is 9.97. The molecule has 1 nitrogen and oxygen atoms in total. The summed E-state index contributed by atoms with van der Waals surface area (Å²) in [6.07, 6.45) is 31.0. The van der Waals surface area contributed by atoms with Gasteiger partial charge in [0, 0.05) is 0 Å². The molecular formula is C18H20O. The highest BCUT2D eigenvalue weighted by Gasteiger charge is 1.64. The molecule has 0 aliphatic heterocycles. The third-order valence-electron chi connectivity index (χ3n) is 1.83. The normalized spacial score (nSPS) is 14.2. The molecule has 0 atom stereocenters. The number of rotatable bonds is 8. The summed E-state index contributed by atoms with van der Waals surface area (Å²) in [5, 5.41) is 0. The van der Waals surface area contributed by atoms with Crippen molar-refractivity contribution in [3.63, 3.8) is 0 Å². The van der Waals surface area contributed by atoms with Gasteiger partial charge in [0.15, 0.2) is 0 Å². The van der Waals surface area contributed by atoms with Crippen LogP contribution in [0.25, 0.3) is 0 Å². The molecular weight excluding hydrogens is 232 g/mol. The molecule has 0 saturated heterocycles. The second kappa shape index (κ2) is 15.6. The van der Waals surface area contributed by atoms with Gasteiger partial charge in [0.25, 0.3) is 0 Å². The molecule has 0 aromatic rings.